The van der Waals surface area contributed by atoms with Crippen LogP contribution in [0.1, 0.15) is 33.6 Å². The zero-order valence-electron chi connectivity index (χ0n) is 7.96. The Morgan fingerprint density at radius 1 is 1.58 bits per heavy atom. The highest BCUT2D eigenvalue weighted by Gasteiger charge is 2.65. The smallest absolute Gasteiger partial charge is 0.167 e. The zero-order chi connectivity index (χ0) is 8.93. The number of ether oxygens (including phenoxy) is 1. The molecule has 2 fully saturated rings. The molecular weight excluding hydrogens is 152 g/mol. The van der Waals surface area contributed by atoms with E-state index in [1.807, 2.05) is 0 Å². The molecule has 2 nitrogen and oxygen atoms in total. The van der Waals surface area contributed by atoms with E-state index in [1.54, 1.807) is 0 Å². The van der Waals surface area contributed by atoms with E-state index in [0.717, 1.165) is 6.42 Å². The normalized spacial score (nSPS) is 46.2. The molecule has 12 heavy (non-hydrogen) atoms. The topological polar surface area (TPSA) is 29.6 Å². The van der Waals surface area contributed by atoms with E-state index >= 15 is 0 Å². The third-order valence-electron chi connectivity index (χ3n) is 3.20. The molecule has 1 aliphatic carbocycles. The largest absolute Gasteiger partial charge is 0.357 e. The van der Waals surface area contributed by atoms with E-state index in [1.165, 1.54) is 0 Å². The molecule has 0 radical (unpaired) electrons. The van der Waals surface area contributed by atoms with Crippen LogP contribution < -0.4 is 0 Å². The first-order chi connectivity index (χ1) is 5.57. The molecule has 68 valence electrons. The summed E-state index contributed by atoms with van der Waals surface area (Å²) in [6.45, 7) is 6.28. The molecule has 0 aromatic rings. The average molecular weight is 168 g/mol. The summed E-state index contributed by atoms with van der Waals surface area (Å²) in [7, 11) is 0. The summed E-state index contributed by atoms with van der Waals surface area (Å²) < 4.78 is 5.56. The van der Waals surface area contributed by atoms with Crippen molar-refractivity contribution < 1.29 is 9.53 Å². The number of fused-ring (bicyclic) bond motifs is 1. The van der Waals surface area contributed by atoms with Crippen LogP contribution in [0.3, 0.4) is 0 Å². The molecule has 0 bridgehead atoms. The lowest BCUT2D eigenvalue weighted by atomic mass is 9.76. The molecule has 1 heterocycles. The SMILES string of the molecule is CC(C)[C@@]12O[C@@H]1C[C@@H](C)CC2=O. The van der Waals surface area contributed by atoms with Crippen LogP contribution in [0.4, 0.5) is 0 Å². The minimum absolute atomic E-state index is 0.244. The third-order valence-corrected chi connectivity index (χ3v) is 3.20. The van der Waals surface area contributed by atoms with Crippen molar-refractivity contribution in [1.82, 2.24) is 0 Å². The first kappa shape index (κ1) is 8.24. The van der Waals surface area contributed by atoms with Gasteiger partial charge in [0.15, 0.2) is 11.4 Å². The predicted molar refractivity (Wildman–Crippen MR) is 45.8 cm³/mol. The highest BCUT2D eigenvalue weighted by molar-refractivity contribution is 5.92. The van der Waals surface area contributed by atoms with Crippen LogP contribution in [-0.4, -0.2) is 17.5 Å². The summed E-state index contributed by atoms with van der Waals surface area (Å²) in [6, 6.07) is 0. The third kappa shape index (κ3) is 0.875. The molecule has 0 spiro atoms. The number of epoxide rings is 1. The summed E-state index contributed by atoms with van der Waals surface area (Å²) in [6.07, 6.45) is 2.03. The molecule has 2 rings (SSSR count). The van der Waals surface area contributed by atoms with Gasteiger partial charge in [-0.1, -0.05) is 20.8 Å². The van der Waals surface area contributed by atoms with Crippen LogP contribution in [-0.2, 0) is 9.53 Å². The lowest BCUT2D eigenvalue weighted by molar-refractivity contribution is -0.127. The monoisotopic (exact) mass is 168 g/mol. The standard InChI is InChI=1S/C10H16O2/c1-6(2)10-8(11)4-7(3)5-9(10)12-10/h6-7,9H,4-5H2,1-3H3/t7-,9+,10-/m0/s1. The fourth-order valence-corrected chi connectivity index (χ4v) is 2.42. The van der Waals surface area contributed by atoms with Gasteiger partial charge in [-0.3, -0.25) is 4.79 Å². The Bertz CT molecular complexity index is 222. The Morgan fingerprint density at radius 2 is 2.25 bits per heavy atom. The molecule has 1 saturated heterocycles. The minimum Gasteiger partial charge on any atom is -0.357 e. The number of ketones is 1. The van der Waals surface area contributed by atoms with Crippen LogP contribution in [0.2, 0.25) is 0 Å². The maximum atomic E-state index is 11.7. The fourth-order valence-electron chi connectivity index (χ4n) is 2.42. The van der Waals surface area contributed by atoms with Crippen molar-refractivity contribution in [3.8, 4) is 0 Å². The van der Waals surface area contributed by atoms with Gasteiger partial charge in [-0.05, 0) is 18.3 Å². The molecule has 0 N–H and O–H groups in total. The van der Waals surface area contributed by atoms with Crippen molar-refractivity contribution in [2.45, 2.75) is 45.3 Å². The predicted octanol–water partition coefficient (Wildman–Crippen LogP) is 1.78. The van der Waals surface area contributed by atoms with Gasteiger partial charge in [0.1, 0.15) is 0 Å². The van der Waals surface area contributed by atoms with E-state index in [4.69, 9.17) is 4.74 Å². The summed E-state index contributed by atoms with van der Waals surface area (Å²) in [5.74, 6) is 1.21. The van der Waals surface area contributed by atoms with Crippen molar-refractivity contribution in [3.05, 3.63) is 0 Å². The summed E-state index contributed by atoms with van der Waals surface area (Å²) in [4.78, 5) is 11.7. The van der Waals surface area contributed by atoms with Gasteiger partial charge in [0, 0.05) is 6.42 Å². The molecule has 0 aromatic carbocycles. The number of Topliss-reactive ketones (excluding diaryl/α,β-unsaturated/α-hetero) is 1. The van der Waals surface area contributed by atoms with Gasteiger partial charge in [0.05, 0.1) is 6.10 Å². The van der Waals surface area contributed by atoms with Crippen LogP contribution in [0, 0.1) is 11.8 Å². The number of hydrogen-bond acceptors (Lipinski definition) is 2. The van der Waals surface area contributed by atoms with Gasteiger partial charge in [-0.25, -0.2) is 0 Å². The van der Waals surface area contributed by atoms with Gasteiger partial charge in [-0.2, -0.15) is 0 Å². The van der Waals surface area contributed by atoms with Crippen LogP contribution >= 0.6 is 0 Å². The summed E-state index contributed by atoms with van der Waals surface area (Å²) >= 11 is 0. The first-order valence-corrected chi connectivity index (χ1v) is 4.78. The first-order valence-electron chi connectivity index (χ1n) is 4.78. The van der Waals surface area contributed by atoms with Crippen molar-refractivity contribution in [2.75, 3.05) is 0 Å². The molecule has 3 atom stereocenters. The van der Waals surface area contributed by atoms with Crippen molar-refractivity contribution in [1.29, 1.82) is 0 Å². The van der Waals surface area contributed by atoms with Gasteiger partial charge in [0.2, 0.25) is 0 Å². The second-order valence-corrected chi connectivity index (χ2v) is 4.52. The molecule has 2 heteroatoms. The number of carbonyl (C=O) groups is 1. The van der Waals surface area contributed by atoms with E-state index < -0.39 is 0 Å². The second kappa shape index (κ2) is 2.32. The Morgan fingerprint density at radius 3 is 2.75 bits per heavy atom. The molecule has 0 unspecified atom stereocenters. The van der Waals surface area contributed by atoms with Gasteiger partial charge in [-0.15, -0.1) is 0 Å². The lowest BCUT2D eigenvalue weighted by Crippen LogP contribution is -2.38. The molecule has 0 amide bonds. The Balaban J connectivity index is 2.18. The number of hydrogen-bond donors (Lipinski definition) is 0. The van der Waals surface area contributed by atoms with Crippen LogP contribution in [0.15, 0.2) is 0 Å². The molecule has 2 aliphatic rings. The second-order valence-electron chi connectivity index (χ2n) is 4.52. The minimum atomic E-state index is -0.355. The van der Waals surface area contributed by atoms with E-state index in [0.29, 0.717) is 24.0 Å². The lowest BCUT2D eigenvalue weighted by Gasteiger charge is -2.23. The van der Waals surface area contributed by atoms with Gasteiger partial charge < -0.3 is 4.74 Å². The molecule has 1 aliphatic heterocycles. The maximum Gasteiger partial charge on any atom is 0.167 e. The summed E-state index contributed by atoms with van der Waals surface area (Å²) in [5.41, 5.74) is -0.355. The fraction of sp³-hybridized carbons (Fsp3) is 0.900. The summed E-state index contributed by atoms with van der Waals surface area (Å²) in [5, 5.41) is 0. The number of carbonyl (C=O) groups excluding carboxylic acids is 1. The van der Waals surface area contributed by atoms with Crippen LogP contribution in [0.5, 0.6) is 0 Å². The van der Waals surface area contributed by atoms with Gasteiger partial charge in [0.25, 0.3) is 0 Å². The zero-order valence-corrected chi connectivity index (χ0v) is 7.96. The maximum absolute atomic E-state index is 11.7. The van der Waals surface area contributed by atoms with E-state index in [9.17, 15) is 4.79 Å². The molecular formula is C10H16O2. The van der Waals surface area contributed by atoms with Crippen LogP contribution in [0.25, 0.3) is 0 Å². The van der Waals surface area contributed by atoms with Gasteiger partial charge >= 0.3 is 0 Å². The molecule has 1 saturated carbocycles. The highest BCUT2D eigenvalue weighted by atomic mass is 16.6. The average Bonchev–Trinajstić information content (AvgIpc) is 2.62. The highest BCUT2D eigenvalue weighted by Crippen LogP contribution is 2.51. The van der Waals surface area contributed by atoms with E-state index in [2.05, 4.69) is 20.8 Å². The Labute approximate surface area is 73.3 Å². The number of rotatable bonds is 1. The van der Waals surface area contributed by atoms with Crippen molar-refractivity contribution >= 4 is 5.78 Å². The Kier molecular flexibility index (Phi) is 1.59. The Hall–Kier alpha value is -0.370. The quantitative estimate of drug-likeness (QED) is 0.558. The van der Waals surface area contributed by atoms with Crippen molar-refractivity contribution in [3.63, 3.8) is 0 Å². The van der Waals surface area contributed by atoms with E-state index in [-0.39, 0.29) is 11.7 Å². The molecule has 0 aromatic heterocycles. The van der Waals surface area contributed by atoms with Crippen molar-refractivity contribution in [2.24, 2.45) is 11.8 Å².